The van der Waals surface area contributed by atoms with Crippen molar-refractivity contribution in [3.63, 3.8) is 0 Å². The van der Waals surface area contributed by atoms with E-state index in [1.54, 1.807) is 0 Å². The van der Waals surface area contributed by atoms with Crippen LogP contribution >= 0.6 is 0 Å². The predicted molar refractivity (Wildman–Crippen MR) is 73.5 cm³/mol. The molecular weight excluding hydrogens is 226 g/mol. The molecule has 2 saturated heterocycles. The molecule has 3 unspecified atom stereocenters. The Morgan fingerprint density at radius 3 is 2.94 bits per heavy atom. The third-order valence-electron chi connectivity index (χ3n) is 4.42. The fraction of sp³-hybridized carbons (Fsp3) is 0.929. The molecule has 18 heavy (non-hydrogen) atoms. The van der Waals surface area contributed by atoms with Crippen molar-refractivity contribution in [2.75, 3.05) is 26.7 Å². The van der Waals surface area contributed by atoms with Gasteiger partial charge in [0, 0.05) is 12.6 Å². The summed E-state index contributed by atoms with van der Waals surface area (Å²) in [5.74, 6) is 0.861. The Hall–Kier alpha value is -0.610. The molecule has 0 saturated carbocycles. The first kappa shape index (κ1) is 13.8. The lowest BCUT2D eigenvalue weighted by molar-refractivity contribution is -0.124. The summed E-state index contributed by atoms with van der Waals surface area (Å²) in [7, 11) is 2.16. The van der Waals surface area contributed by atoms with Crippen LogP contribution in [0.3, 0.4) is 0 Å². The van der Waals surface area contributed by atoms with Gasteiger partial charge in [0.05, 0.1) is 6.04 Å². The van der Waals surface area contributed by atoms with Crippen molar-refractivity contribution < 1.29 is 4.79 Å². The highest BCUT2D eigenvalue weighted by Crippen LogP contribution is 2.16. The van der Waals surface area contributed by atoms with Crippen molar-refractivity contribution in [3.8, 4) is 0 Å². The molecular formula is C14H27N3O. The summed E-state index contributed by atoms with van der Waals surface area (Å²) in [4.78, 5) is 14.5. The number of carbonyl (C=O) groups is 1. The number of likely N-dealkylation sites (tertiary alicyclic amines) is 1. The summed E-state index contributed by atoms with van der Waals surface area (Å²) in [6.07, 6.45) is 5.97. The number of likely N-dealkylation sites (N-methyl/N-ethyl adjacent to an activating group) is 1. The van der Waals surface area contributed by atoms with E-state index < -0.39 is 0 Å². The quantitative estimate of drug-likeness (QED) is 0.788. The Morgan fingerprint density at radius 1 is 1.39 bits per heavy atom. The molecule has 0 spiro atoms. The highest BCUT2D eigenvalue weighted by atomic mass is 16.2. The summed E-state index contributed by atoms with van der Waals surface area (Å²) >= 11 is 0. The molecule has 0 aromatic carbocycles. The molecule has 2 aliphatic heterocycles. The summed E-state index contributed by atoms with van der Waals surface area (Å²) in [6.45, 7) is 5.18. The molecule has 4 nitrogen and oxygen atoms in total. The van der Waals surface area contributed by atoms with E-state index in [-0.39, 0.29) is 11.9 Å². The number of hydrogen-bond donors (Lipinski definition) is 2. The van der Waals surface area contributed by atoms with E-state index in [9.17, 15) is 4.79 Å². The Labute approximate surface area is 110 Å². The second-order valence-electron chi connectivity index (χ2n) is 6.01. The molecule has 2 fully saturated rings. The van der Waals surface area contributed by atoms with Crippen molar-refractivity contribution in [1.29, 1.82) is 0 Å². The fourth-order valence-corrected chi connectivity index (χ4v) is 3.05. The first-order valence-electron chi connectivity index (χ1n) is 7.38. The third-order valence-corrected chi connectivity index (χ3v) is 4.42. The molecule has 2 rings (SSSR count). The lowest BCUT2D eigenvalue weighted by Crippen LogP contribution is -2.52. The van der Waals surface area contributed by atoms with Gasteiger partial charge in [0.15, 0.2) is 0 Å². The first-order valence-corrected chi connectivity index (χ1v) is 7.38. The van der Waals surface area contributed by atoms with Gasteiger partial charge >= 0.3 is 0 Å². The number of carbonyl (C=O) groups excluding carboxylic acids is 1. The minimum Gasteiger partial charge on any atom is -0.353 e. The van der Waals surface area contributed by atoms with Crippen LogP contribution in [0.1, 0.15) is 39.0 Å². The summed E-state index contributed by atoms with van der Waals surface area (Å²) in [5, 5.41) is 6.45. The van der Waals surface area contributed by atoms with Crippen molar-refractivity contribution in [1.82, 2.24) is 15.5 Å². The molecule has 0 radical (unpaired) electrons. The Balaban J connectivity index is 1.73. The van der Waals surface area contributed by atoms with Gasteiger partial charge in [-0.15, -0.1) is 0 Å². The Bertz CT molecular complexity index is 282. The van der Waals surface area contributed by atoms with Gasteiger partial charge in [0.1, 0.15) is 0 Å². The Morgan fingerprint density at radius 2 is 2.22 bits per heavy atom. The minimum absolute atomic E-state index is 0.0302. The number of nitrogens with one attached hydrogen (secondary N) is 2. The molecule has 2 N–H and O–H groups in total. The van der Waals surface area contributed by atoms with Gasteiger partial charge in [-0.1, -0.05) is 13.3 Å². The molecule has 2 heterocycles. The molecule has 0 aromatic rings. The monoisotopic (exact) mass is 253 g/mol. The lowest BCUT2D eigenvalue weighted by Gasteiger charge is -2.33. The normalized spacial score (nSPS) is 34.2. The van der Waals surface area contributed by atoms with Crippen molar-refractivity contribution in [2.24, 2.45) is 5.92 Å². The van der Waals surface area contributed by atoms with Gasteiger partial charge in [-0.2, -0.15) is 0 Å². The number of amides is 1. The zero-order valence-corrected chi connectivity index (χ0v) is 11.7. The van der Waals surface area contributed by atoms with E-state index in [1.165, 1.54) is 32.2 Å². The lowest BCUT2D eigenvalue weighted by atomic mass is 9.94. The highest BCUT2D eigenvalue weighted by Gasteiger charge is 2.25. The molecule has 0 aliphatic carbocycles. The molecule has 104 valence electrons. The van der Waals surface area contributed by atoms with Crippen LogP contribution in [-0.4, -0.2) is 49.6 Å². The molecule has 1 amide bonds. The average molecular weight is 253 g/mol. The van der Waals surface area contributed by atoms with Gasteiger partial charge in [0.2, 0.25) is 5.91 Å². The molecule has 2 aliphatic rings. The Kier molecular flexibility index (Phi) is 5.01. The predicted octanol–water partition coefficient (Wildman–Crippen LogP) is 0.975. The number of piperidine rings is 2. The fourth-order valence-electron chi connectivity index (χ4n) is 3.05. The standard InChI is InChI=1S/C14H27N3O/c1-11-6-7-15-13(9-11)14(18)16-10-12-5-3-4-8-17(12)2/h11-13,15H,3-10H2,1-2H3,(H,16,18). The second kappa shape index (κ2) is 6.53. The van der Waals surface area contributed by atoms with Gasteiger partial charge < -0.3 is 15.5 Å². The molecule has 4 heteroatoms. The topological polar surface area (TPSA) is 44.4 Å². The first-order chi connectivity index (χ1) is 8.66. The van der Waals surface area contributed by atoms with E-state index in [1.807, 2.05) is 0 Å². The second-order valence-corrected chi connectivity index (χ2v) is 6.01. The van der Waals surface area contributed by atoms with Crippen molar-refractivity contribution in [2.45, 2.75) is 51.1 Å². The minimum atomic E-state index is 0.0302. The van der Waals surface area contributed by atoms with Crippen LogP contribution in [0.4, 0.5) is 0 Å². The summed E-state index contributed by atoms with van der Waals surface area (Å²) < 4.78 is 0. The number of rotatable bonds is 3. The van der Waals surface area contributed by atoms with Gasteiger partial charge in [-0.05, 0) is 51.7 Å². The van der Waals surface area contributed by atoms with Crippen LogP contribution in [0.25, 0.3) is 0 Å². The van der Waals surface area contributed by atoms with E-state index in [0.717, 1.165) is 19.5 Å². The van der Waals surface area contributed by atoms with Crippen LogP contribution < -0.4 is 10.6 Å². The maximum Gasteiger partial charge on any atom is 0.237 e. The van der Waals surface area contributed by atoms with Crippen LogP contribution in [0, 0.1) is 5.92 Å². The van der Waals surface area contributed by atoms with Crippen LogP contribution in [0.15, 0.2) is 0 Å². The zero-order chi connectivity index (χ0) is 13.0. The van der Waals surface area contributed by atoms with Crippen molar-refractivity contribution >= 4 is 5.91 Å². The average Bonchev–Trinajstić information content (AvgIpc) is 2.37. The zero-order valence-electron chi connectivity index (χ0n) is 11.7. The van der Waals surface area contributed by atoms with E-state index >= 15 is 0 Å². The van der Waals surface area contributed by atoms with Gasteiger partial charge in [-0.3, -0.25) is 4.79 Å². The largest absolute Gasteiger partial charge is 0.353 e. The third kappa shape index (κ3) is 3.69. The van der Waals surface area contributed by atoms with E-state index in [2.05, 4.69) is 29.5 Å². The molecule has 3 atom stereocenters. The molecule has 0 aromatic heterocycles. The van der Waals surface area contributed by atoms with Crippen LogP contribution in [0.2, 0.25) is 0 Å². The highest BCUT2D eigenvalue weighted by molar-refractivity contribution is 5.81. The SMILES string of the molecule is CC1CCNC(C(=O)NCC2CCCCN2C)C1. The van der Waals surface area contributed by atoms with Crippen LogP contribution in [0.5, 0.6) is 0 Å². The van der Waals surface area contributed by atoms with Crippen LogP contribution in [-0.2, 0) is 4.79 Å². The van der Waals surface area contributed by atoms with E-state index in [0.29, 0.717) is 12.0 Å². The van der Waals surface area contributed by atoms with Crippen molar-refractivity contribution in [3.05, 3.63) is 0 Å². The smallest absolute Gasteiger partial charge is 0.237 e. The maximum absolute atomic E-state index is 12.1. The summed E-state index contributed by atoms with van der Waals surface area (Å²) in [6, 6.07) is 0.561. The number of hydrogen-bond acceptors (Lipinski definition) is 3. The van der Waals surface area contributed by atoms with Gasteiger partial charge in [0.25, 0.3) is 0 Å². The number of nitrogens with zero attached hydrogens (tertiary/aromatic N) is 1. The molecule has 0 bridgehead atoms. The summed E-state index contributed by atoms with van der Waals surface area (Å²) in [5.41, 5.74) is 0. The van der Waals surface area contributed by atoms with Gasteiger partial charge in [-0.25, -0.2) is 0 Å². The maximum atomic E-state index is 12.1. The van der Waals surface area contributed by atoms with E-state index in [4.69, 9.17) is 0 Å².